The molecule has 0 atom stereocenters. The normalized spacial score (nSPS) is 10.7. The van der Waals surface area contributed by atoms with Crippen molar-refractivity contribution in [3.63, 3.8) is 0 Å². The Labute approximate surface area is 198 Å². The fourth-order valence-corrected chi connectivity index (χ4v) is 3.32. The van der Waals surface area contributed by atoms with E-state index in [9.17, 15) is 5.26 Å². The monoisotopic (exact) mass is 452 g/mol. The molecule has 0 heterocycles. The van der Waals surface area contributed by atoms with Gasteiger partial charge in [0.05, 0.1) is 11.3 Å². The average molecular weight is 453 g/mol. The zero-order chi connectivity index (χ0) is 22.9. The highest BCUT2D eigenvalue weighted by Gasteiger charge is 2.08. The van der Waals surface area contributed by atoms with E-state index in [0.717, 1.165) is 16.7 Å². The zero-order valence-corrected chi connectivity index (χ0v) is 18.6. The van der Waals surface area contributed by atoms with Crippen LogP contribution in [-0.2, 0) is 13.2 Å². The summed E-state index contributed by atoms with van der Waals surface area (Å²) >= 11 is 6.07. The molecule has 4 nitrogen and oxygen atoms in total. The lowest BCUT2D eigenvalue weighted by Gasteiger charge is -2.14. The van der Waals surface area contributed by atoms with Crippen molar-refractivity contribution in [2.75, 3.05) is 0 Å². The van der Waals surface area contributed by atoms with Crippen LogP contribution in [0.1, 0.15) is 22.3 Å². The fourth-order valence-electron chi connectivity index (χ4n) is 3.16. The van der Waals surface area contributed by atoms with Gasteiger partial charge < -0.3 is 9.47 Å². The summed E-state index contributed by atoms with van der Waals surface area (Å²) in [6.45, 7) is 0.847. The first-order chi connectivity index (χ1) is 16.2. The quantitative estimate of drug-likeness (QED) is 0.267. The van der Waals surface area contributed by atoms with Gasteiger partial charge >= 0.3 is 0 Å². The number of hydrogen-bond donors (Lipinski definition) is 0. The molecule has 0 radical (unpaired) electrons. The molecule has 4 rings (SSSR count). The third-order valence-corrected chi connectivity index (χ3v) is 5.11. The van der Waals surface area contributed by atoms with Gasteiger partial charge in [-0.2, -0.15) is 5.26 Å². The highest BCUT2D eigenvalue weighted by Crippen LogP contribution is 2.30. The van der Waals surface area contributed by atoms with Gasteiger partial charge in [0.2, 0.25) is 0 Å². The molecule has 0 bridgehead atoms. The molecule has 0 aliphatic rings. The molecule has 5 heteroatoms. The number of hydrogen-bond acceptors (Lipinski definition) is 4. The summed E-state index contributed by atoms with van der Waals surface area (Å²) in [7, 11) is 0. The van der Waals surface area contributed by atoms with Crippen LogP contribution >= 0.6 is 11.6 Å². The highest BCUT2D eigenvalue weighted by molar-refractivity contribution is 6.30. The van der Waals surface area contributed by atoms with Crippen LogP contribution < -0.4 is 9.47 Å². The Balaban J connectivity index is 1.58. The van der Waals surface area contributed by atoms with Crippen molar-refractivity contribution in [2.45, 2.75) is 13.2 Å². The maximum absolute atomic E-state index is 9.31. The van der Waals surface area contributed by atoms with Crippen molar-refractivity contribution in [1.29, 1.82) is 5.26 Å². The van der Waals surface area contributed by atoms with E-state index in [1.165, 1.54) is 0 Å². The lowest BCUT2D eigenvalue weighted by atomic mass is 10.2. The minimum Gasteiger partial charge on any atom is -0.485 e. The molecule has 0 aliphatic heterocycles. The van der Waals surface area contributed by atoms with Gasteiger partial charge in [-0.1, -0.05) is 72.3 Å². The maximum Gasteiger partial charge on any atom is 0.162 e. The maximum atomic E-state index is 9.31. The third-order valence-electron chi connectivity index (χ3n) is 4.88. The Hall–Kier alpha value is -4.07. The summed E-state index contributed by atoms with van der Waals surface area (Å²) < 4.78 is 12.2. The second-order valence-corrected chi connectivity index (χ2v) is 7.72. The number of nitrogens with zero attached hydrogens (tertiary/aromatic N) is 2. The number of rotatable bonds is 8. The van der Waals surface area contributed by atoms with Crippen LogP contribution in [0.15, 0.2) is 102 Å². The first-order valence-electron chi connectivity index (χ1n) is 10.4. The standard InChI is InChI=1S/C28H21ClN2O2/c29-25-13-12-24(17-30)26(16-25)31-18-23-11-14-27(32-19-21-7-3-1-4-8-21)28(15-23)33-20-22-9-5-2-6-10-22/h1-16,18H,19-20H2. The van der Waals surface area contributed by atoms with Crippen molar-refractivity contribution in [3.05, 3.63) is 124 Å². The van der Waals surface area contributed by atoms with Crippen molar-refractivity contribution in [3.8, 4) is 17.6 Å². The van der Waals surface area contributed by atoms with Crippen LogP contribution in [0.2, 0.25) is 5.02 Å². The van der Waals surface area contributed by atoms with E-state index < -0.39 is 0 Å². The van der Waals surface area contributed by atoms with Gasteiger partial charge in [-0.25, -0.2) is 0 Å². The van der Waals surface area contributed by atoms with Gasteiger partial charge in [0.25, 0.3) is 0 Å². The molecule has 0 unspecified atom stereocenters. The van der Waals surface area contributed by atoms with Crippen molar-refractivity contribution >= 4 is 23.5 Å². The van der Waals surface area contributed by atoms with Gasteiger partial charge in [-0.05, 0) is 53.1 Å². The van der Waals surface area contributed by atoms with E-state index in [2.05, 4.69) is 11.1 Å². The first-order valence-corrected chi connectivity index (χ1v) is 10.8. The Morgan fingerprint density at radius 3 is 2.03 bits per heavy atom. The summed E-state index contributed by atoms with van der Waals surface area (Å²) in [6.07, 6.45) is 1.68. The number of aliphatic imine (C=N–C) groups is 1. The van der Waals surface area contributed by atoms with Crippen molar-refractivity contribution in [1.82, 2.24) is 0 Å². The molecule has 4 aromatic rings. The van der Waals surface area contributed by atoms with E-state index in [-0.39, 0.29) is 0 Å². The second kappa shape index (κ2) is 11.0. The largest absolute Gasteiger partial charge is 0.485 e. The molecule has 0 aliphatic carbocycles. The predicted molar refractivity (Wildman–Crippen MR) is 131 cm³/mol. The highest BCUT2D eigenvalue weighted by atomic mass is 35.5. The SMILES string of the molecule is N#Cc1ccc(Cl)cc1N=Cc1ccc(OCc2ccccc2)c(OCc2ccccc2)c1. The van der Waals surface area contributed by atoms with Gasteiger partial charge in [0, 0.05) is 11.2 Å². The summed E-state index contributed by atoms with van der Waals surface area (Å²) in [5, 5.41) is 9.84. The lowest BCUT2D eigenvalue weighted by Crippen LogP contribution is -2.01. The van der Waals surface area contributed by atoms with Crippen molar-refractivity contribution in [2.24, 2.45) is 4.99 Å². The molecule has 0 saturated carbocycles. The van der Waals surface area contributed by atoms with E-state index in [0.29, 0.717) is 41.0 Å². The lowest BCUT2D eigenvalue weighted by molar-refractivity contribution is 0.256. The minimum atomic E-state index is 0.413. The smallest absolute Gasteiger partial charge is 0.162 e. The van der Waals surface area contributed by atoms with Crippen LogP contribution in [0.5, 0.6) is 11.5 Å². The summed E-state index contributed by atoms with van der Waals surface area (Å²) in [6, 6.07) is 32.7. The van der Waals surface area contributed by atoms with Gasteiger partial charge in [-0.15, -0.1) is 0 Å². The van der Waals surface area contributed by atoms with E-state index >= 15 is 0 Å². The molecule has 33 heavy (non-hydrogen) atoms. The molecule has 0 aromatic heterocycles. The molecule has 0 saturated heterocycles. The van der Waals surface area contributed by atoms with Crippen LogP contribution in [0.4, 0.5) is 5.69 Å². The molecular weight excluding hydrogens is 432 g/mol. The molecule has 0 amide bonds. The molecule has 162 valence electrons. The Morgan fingerprint density at radius 1 is 0.758 bits per heavy atom. The number of ether oxygens (including phenoxy) is 2. The Bertz CT molecular complexity index is 1280. The van der Waals surface area contributed by atoms with Crippen LogP contribution in [0.25, 0.3) is 0 Å². The molecular formula is C28H21ClN2O2. The van der Waals surface area contributed by atoms with Crippen LogP contribution in [-0.4, -0.2) is 6.21 Å². The molecule has 0 fully saturated rings. The minimum absolute atomic E-state index is 0.413. The Kier molecular flexibility index (Phi) is 7.37. The van der Waals surface area contributed by atoms with Gasteiger partial charge in [0.15, 0.2) is 11.5 Å². The summed E-state index contributed by atoms with van der Waals surface area (Å²) in [5.74, 6) is 1.26. The van der Waals surface area contributed by atoms with Gasteiger partial charge in [-0.3, -0.25) is 4.99 Å². The van der Waals surface area contributed by atoms with Crippen LogP contribution in [0.3, 0.4) is 0 Å². The summed E-state index contributed by atoms with van der Waals surface area (Å²) in [4.78, 5) is 4.46. The van der Waals surface area contributed by atoms with Crippen LogP contribution in [0, 0.1) is 11.3 Å². The fraction of sp³-hybridized carbons (Fsp3) is 0.0714. The molecule has 0 N–H and O–H groups in total. The molecule has 0 spiro atoms. The van der Waals surface area contributed by atoms with E-state index in [1.54, 1.807) is 24.4 Å². The topological polar surface area (TPSA) is 54.6 Å². The first kappa shape index (κ1) is 22.1. The summed E-state index contributed by atoms with van der Waals surface area (Å²) in [5.41, 5.74) is 3.92. The zero-order valence-electron chi connectivity index (χ0n) is 17.8. The third kappa shape index (κ3) is 6.22. The second-order valence-electron chi connectivity index (χ2n) is 7.29. The average Bonchev–Trinajstić information content (AvgIpc) is 2.87. The van der Waals surface area contributed by atoms with E-state index in [4.69, 9.17) is 21.1 Å². The number of halogens is 1. The van der Waals surface area contributed by atoms with Crippen molar-refractivity contribution < 1.29 is 9.47 Å². The number of benzene rings is 4. The van der Waals surface area contributed by atoms with Gasteiger partial charge in [0.1, 0.15) is 19.3 Å². The predicted octanol–water partition coefficient (Wildman–Crippen LogP) is 7.12. The van der Waals surface area contributed by atoms with E-state index in [1.807, 2.05) is 78.9 Å². The Morgan fingerprint density at radius 2 is 1.39 bits per heavy atom. The molecule has 4 aromatic carbocycles. The number of nitriles is 1.